The van der Waals surface area contributed by atoms with Gasteiger partial charge in [-0.3, -0.25) is 0 Å². The number of para-hydroxylation sites is 1. The van der Waals surface area contributed by atoms with Crippen LogP contribution in [0.3, 0.4) is 0 Å². The highest BCUT2D eigenvalue weighted by molar-refractivity contribution is 9.10. The van der Waals surface area contributed by atoms with Crippen molar-refractivity contribution in [3.63, 3.8) is 0 Å². The Morgan fingerprint density at radius 1 is 1.11 bits per heavy atom. The van der Waals surface area contributed by atoms with E-state index in [9.17, 15) is 5.11 Å². The Labute approximate surface area is 130 Å². The maximum Gasteiger partial charge on any atom is 0.139 e. The molecular weight excluding hydrogens is 351 g/mol. The summed E-state index contributed by atoms with van der Waals surface area (Å²) in [4.78, 5) is 0. The average molecular weight is 362 g/mol. The molecule has 19 heavy (non-hydrogen) atoms. The van der Waals surface area contributed by atoms with Crippen LogP contribution in [0.15, 0.2) is 40.9 Å². The van der Waals surface area contributed by atoms with E-state index in [0.717, 1.165) is 15.6 Å². The van der Waals surface area contributed by atoms with Crippen LogP contribution in [0.2, 0.25) is 10.0 Å². The molecule has 0 aliphatic heterocycles. The number of rotatable bonds is 4. The molecule has 2 rings (SSSR count). The van der Waals surface area contributed by atoms with E-state index >= 15 is 0 Å². The number of ether oxygens (including phenoxy) is 1. The average Bonchev–Trinajstić information content (AvgIpc) is 2.39. The molecule has 0 bridgehead atoms. The third kappa shape index (κ3) is 3.63. The lowest BCUT2D eigenvalue weighted by atomic mass is 10.2. The van der Waals surface area contributed by atoms with Crippen LogP contribution in [0.5, 0.6) is 5.75 Å². The first kappa shape index (κ1) is 14.7. The molecule has 0 aliphatic rings. The first-order valence-corrected chi connectivity index (χ1v) is 7.11. The molecule has 0 fully saturated rings. The zero-order valence-corrected chi connectivity index (χ0v) is 13.0. The maximum atomic E-state index is 9.29. The first-order valence-electron chi connectivity index (χ1n) is 5.57. The van der Waals surface area contributed by atoms with Crippen molar-refractivity contribution in [2.24, 2.45) is 0 Å². The van der Waals surface area contributed by atoms with Gasteiger partial charge >= 0.3 is 0 Å². The molecule has 2 aromatic rings. The summed E-state index contributed by atoms with van der Waals surface area (Å²) in [5.41, 5.74) is 1.56. The Morgan fingerprint density at radius 2 is 1.89 bits per heavy atom. The van der Waals surface area contributed by atoms with E-state index in [4.69, 9.17) is 27.9 Å². The van der Waals surface area contributed by atoms with Crippen LogP contribution in [0.1, 0.15) is 11.1 Å². The van der Waals surface area contributed by atoms with Gasteiger partial charge in [0, 0.05) is 21.2 Å². The monoisotopic (exact) mass is 360 g/mol. The molecule has 0 radical (unpaired) electrons. The van der Waals surface area contributed by atoms with E-state index in [-0.39, 0.29) is 6.61 Å². The summed E-state index contributed by atoms with van der Waals surface area (Å²) in [6, 6.07) is 10.8. The third-order valence-corrected chi connectivity index (χ3v) is 3.82. The summed E-state index contributed by atoms with van der Waals surface area (Å²) in [5.74, 6) is 0.621. The minimum Gasteiger partial charge on any atom is -0.487 e. The topological polar surface area (TPSA) is 29.5 Å². The number of aliphatic hydroxyl groups excluding tert-OH is 1. The molecule has 0 unspecified atom stereocenters. The van der Waals surface area contributed by atoms with Crippen molar-refractivity contribution in [3.05, 3.63) is 62.0 Å². The minimum atomic E-state index is -0.0802. The number of halogens is 3. The van der Waals surface area contributed by atoms with E-state index < -0.39 is 0 Å². The van der Waals surface area contributed by atoms with Crippen LogP contribution in [-0.4, -0.2) is 5.11 Å². The van der Waals surface area contributed by atoms with E-state index in [2.05, 4.69) is 15.9 Å². The molecule has 2 nitrogen and oxygen atoms in total. The number of aliphatic hydroxyl groups is 1. The van der Waals surface area contributed by atoms with Crippen LogP contribution in [-0.2, 0) is 13.2 Å². The Balaban J connectivity index is 2.19. The minimum absolute atomic E-state index is 0.0802. The highest BCUT2D eigenvalue weighted by Crippen LogP contribution is 2.31. The summed E-state index contributed by atoms with van der Waals surface area (Å²) in [5, 5.41) is 10.4. The molecule has 0 atom stereocenters. The standard InChI is InChI=1S/C14H11BrCl2O2/c15-12-3-1-2-9(7-18)14(12)19-8-10-4-5-11(16)6-13(10)17/h1-6,18H,7-8H2. The molecule has 2 aromatic carbocycles. The number of benzene rings is 2. The molecule has 0 saturated carbocycles. The summed E-state index contributed by atoms with van der Waals surface area (Å²) in [6.45, 7) is 0.231. The van der Waals surface area contributed by atoms with E-state index in [1.807, 2.05) is 24.3 Å². The highest BCUT2D eigenvalue weighted by atomic mass is 79.9. The quantitative estimate of drug-likeness (QED) is 0.845. The maximum absolute atomic E-state index is 9.29. The molecule has 0 aromatic heterocycles. The van der Waals surface area contributed by atoms with E-state index in [0.29, 0.717) is 22.4 Å². The van der Waals surface area contributed by atoms with Gasteiger partial charge < -0.3 is 9.84 Å². The van der Waals surface area contributed by atoms with Gasteiger partial charge in [0.25, 0.3) is 0 Å². The number of hydrogen-bond donors (Lipinski definition) is 1. The van der Waals surface area contributed by atoms with Crippen molar-refractivity contribution in [1.29, 1.82) is 0 Å². The molecule has 0 spiro atoms. The van der Waals surface area contributed by atoms with Gasteiger partial charge in [-0.05, 0) is 34.1 Å². The smallest absolute Gasteiger partial charge is 0.139 e. The lowest BCUT2D eigenvalue weighted by molar-refractivity contribution is 0.258. The van der Waals surface area contributed by atoms with Crippen molar-refractivity contribution in [2.75, 3.05) is 0 Å². The first-order chi connectivity index (χ1) is 9.11. The Bertz CT molecular complexity index is 588. The molecular formula is C14H11BrCl2O2. The van der Waals surface area contributed by atoms with Crippen molar-refractivity contribution < 1.29 is 9.84 Å². The SMILES string of the molecule is OCc1cccc(Br)c1OCc1ccc(Cl)cc1Cl. The van der Waals surface area contributed by atoms with Crippen molar-refractivity contribution in [3.8, 4) is 5.75 Å². The fourth-order valence-corrected chi connectivity index (χ4v) is 2.61. The Hall–Kier alpha value is -0.740. The van der Waals surface area contributed by atoms with E-state index in [1.165, 1.54) is 0 Å². The van der Waals surface area contributed by atoms with Crippen molar-refractivity contribution >= 4 is 39.1 Å². The molecule has 0 saturated heterocycles. The molecule has 5 heteroatoms. The molecule has 0 aliphatic carbocycles. The fourth-order valence-electron chi connectivity index (χ4n) is 1.63. The predicted molar refractivity (Wildman–Crippen MR) is 80.9 cm³/mol. The van der Waals surface area contributed by atoms with Gasteiger partial charge in [0.1, 0.15) is 12.4 Å². The van der Waals surface area contributed by atoms with Gasteiger partial charge in [0.05, 0.1) is 11.1 Å². The number of hydrogen-bond acceptors (Lipinski definition) is 2. The summed E-state index contributed by atoms with van der Waals surface area (Å²) < 4.78 is 6.53. The zero-order chi connectivity index (χ0) is 13.8. The molecule has 1 N–H and O–H groups in total. The zero-order valence-electron chi connectivity index (χ0n) is 9.87. The van der Waals surface area contributed by atoms with Gasteiger partial charge in [0.15, 0.2) is 0 Å². The lowest BCUT2D eigenvalue weighted by Crippen LogP contribution is -2.00. The van der Waals surface area contributed by atoms with Gasteiger partial charge in [-0.15, -0.1) is 0 Å². The van der Waals surface area contributed by atoms with Gasteiger partial charge in [-0.1, -0.05) is 41.4 Å². The van der Waals surface area contributed by atoms with E-state index in [1.54, 1.807) is 12.1 Å². The highest BCUT2D eigenvalue weighted by Gasteiger charge is 2.09. The third-order valence-electron chi connectivity index (χ3n) is 2.61. The second kappa shape index (κ2) is 6.62. The van der Waals surface area contributed by atoms with Crippen LogP contribution in [0.25, 0.3) is 0 Å². The van der Waals surface area contributed by atoms with Crippen molar-refractivity contribution in [1.82, 2.24) is 0 Å². The van der Waals surface area contributed by atoms with Crippen LogP contribution < -0.4 is 4.74 Å². The summed E-state index contributed by atoms with van der Waals surface area (Å²) >= 11 is 15.3. The predicted octanol–water partition coefficient (Wildman–Crippen LogP) is 4.83. The molecule has 100 valence electrons. The fraction of sp³-hybridized carbons (Fsp3) is 0.143. The van der Waals surface area contributed by atoms with Crippen LogP contribution in [0.4, 0.5) is 0 Å². The second-order valence-corrected chi connectivity index (χ2v) is 5.61. The molecule has 0 heterocycles. The van der Waals surface area contributed by atoms with Crippen molar-refractivity contribution in [2.45, 2.75) is 13.2 Å². The normalized spacial score (nSPS) is 10.5. The Kier molecular flexibility index (Phi) is 5.11. The molecule has 0 amide bonds. The Morgan fingerprint density at radius 3 is 2.58 bits per heavy atom. The lowest BCUT2D eigenvalue weighted by Gasteiger charge is -2.13. The summed E-state index contributed by atoms with van der Waals surface area (Å²) in [7, 11) is 0. The van der Waals surface area contributed by atoms with Crippen LogP contribution >= 0.6 is 39.1 Å². The van der Waals surface area contributed by atoms with Gasteiger partial charge in [-0.25, -0.2) is 0 Å². The second-order valence-electron chi connectivity index (χ2n) is 3.91. The van der Waals surface area contributed by atoms with Crippen LogP contribution in [0, 0.1) is 0 Å². The summed E-state index contributed by atoms with van der Waals surface area (Å²) in [6.07, 6.45) is 0. The largest absolute Gasteiger partial charge is 0.487 e. The van der Waals surface area contributed by atoms with Gasteiger partial charge in [-0.2, -0.15) is 0 Å². The van der Waals surface area contributed by atoms with Gasteiger partial charge in [0.2, 0.25) is 0 Å².